The van der Waals surface area contributed by atoms with Gasteiger partial charge in [0.15, 0.2) is 29.5 Å². The third-order valence-electron chi connectivity index (χ3n) is 9.27. The Morgan fingerprint density at radius 1 is 0.281 bits per heavy atom. The van der Waals surface area contributed by atoms with E-state index in [0.717, 1.165) is 33.8 Å². The van der Waals surface area contributed by atoms with E-state index in [-0.39, 0.29) is 49.5 Å². The third kappa shape index (κ3) is 11.4. The Balaban J connectivity index is 0.000000158. The second-order valence-electron chi connectivity index (χ2n) is 13.4. The van der Waals surface area contributed by atoms with Crippen molar-refractivity contribution in [2.45, 2.75) is 29.4 Å². The topological polar surface area (TPSA) is 141 Å². The van der Waals surface area contributed by atoms with Crippen molar-refractivity contribution in [3.8, 4) is 33.8 Å². The molecular formula is C51H36IrN3O6S3. The number of nitrogens with zero attached hydrogens (tertiary/aromatic N) is 3. The molecule has 0 bridgehead atoms. The van der Waals surface area contributed by atoms with Gasteiger partial charge in [0.1, 0.15) is 0 Å². The maximum absolute atomic E-state index is 12.4. The fourth-order valence-corrected chi connectivity index (χ4v) is 9.73. The van der Waals surface area contributed by atoms with Gasteiger partial charge in [-0.1, -0.05) is 91.0 Å². The Labute approximate surface area is 387 Å². The van der Waals surface area contributed by atoms with E-state index in [1.54, 1.807) is 146 Å². The number of aromatic nitrogens is 3. The first-order chi connectivity index (χ1) is 30.5. The van der Waals surface area contributed by atoms with Crippen LogP contribution in [-0.4, -0.2) is 40.2 Å². The molecule has 64 heavy (non-hydrogen) atoms. The van der Waals surface area contributed by atoms with Crippen LogP contribution in [0.1, 0.15) is 0 Å². The molecule has 0 fully saturated rings. The van der Waals surface area contributed by atoms with Gasteiger partial charge in [0.2, 0.25) is 0 Å². The summed E-state index contributed by atoms with van der Waals surface area (Å²) in [7, 11) is -10.5. The third-order valence-corrected chi connectivity index (χ3v) is 14.6. The number of hydrogen-bond acceptors (Lipinski definition) is 9. The molecule has 0 unspecified atom stereocenters. The second-order valence-corrected chi connectivity index (χ2v) is 19.3. The summed E-state index contributed by atoms with van der Waals surface area (Å²) in [6, 6.07) is 65.2. The molecule has 9 nitrogen and oxygen atoms in total. The van der Waals surface area contributed by atoms with Crippen LogP contribution in [0, 0.1) is 18.2 Å². The smallest absolute Gasteiger partial charge is 0.305 e. The number of hydrogen-bond donors (Lipinski definition) is 0. The van der Waals surface area contributed by atoms with Crippen molar-refractivity contribution in [3.63, 3.8) is 0 Å². The maximum atomic E-state index is 12.4. The first-order valence-electron chi connectivity index (χ1n) is 19.2. The van der Waals surface area contributed by atoms with Crippen LogP contribution in [-0.2, 0) is 49.6 Å². The van der Waals surface area contributed by atoms with E-state index in [4.69, 9.17) is 0 Å². The van der Waals surface area contributed by atoms with Crippen LogP contribution in [0.25, 0.3) is 33.8 Å². The first-order valence-corrected chi connectivity index (χ1v) is 23.7. The van der Waals surface area contributed by atoms with Crippen LogP contribution in [0.4, 0.5) is 0 Å². The van der Waals surface area contributed by atoms with Crippen LogP contribution in [0.2, 0.25) is 0 Å². The maximum Gasteiger partial charge on any atom is 3.00 e. The molecule has 0 aliphatic carbocycles. The molecule has 0 amide bonds. The molecule has 0 spiro atoms. The normalized spacial score (nSPS) is 11.1. The summed E-state index contributed by atoms with van der Waals surface area (Å²) < 4.78 is 74.7. The van der Waals surface area contributed by atoms with E-state index in [0.29, 0.717) is 0 Å². The Hall–Kier alpha value is -6.73. The average molecular weight is 1080 g/mol. The summed E-state index contributed by atoms with van der Waals surface area (Å²) in [5.74, 6) is 0. The van der Waals surface area contributed by atoms with Gasteiger partial charge in [0.25, 0.3) is 0 Å². The molecule has 0 saturated carbocycles. The van der Waals surface area contributed by atoms with E-state index in [1.807, 2.05) is 54.6 Å². The SMILES string of the molecule is O=S(=O)(c1c[c-]c(-c2ccccn2)cc1)c1ccccc1.O=S(=O)(c1c[c-]c(-c2ccccn2)cc1)c1ccccc1.O=S(=O)(c1c[c-]c(-c2ccccn2)cc1)c1ccccc1.[Ir+3]. The molecule has 9 rings (SSSR count). The Kier molecular flexibility index (Phi) is 15.8. The summed E-state index contributed by atoms with van der Waals surface area (Å²) in [5.41, 5.74) is 4.59. The van der Waals surface area contributed by atoms with E-state index in [2.05, 4.69) is 33.2 Å². The van der Waals surface area contributed by atoms with Crippen LogP contribution >= 0.6 is 0 Å². The number of pyridine rings is 3. The summed E-state index contributed by atoms with van der Waals surface area (Å²) in [4.78, 5) is 14.2. The van der Waals surface area contributed by atoms with E-state index in [1.165, 1.54) is 18.2 Å². The van der Waals surface area contributed by atoms with Gasteiger partial charge in [-0.3, -0.25) is 0 Å². The van der Waals surface area contributed by atoms with E-state index < -0.39 is 29.5 Å². The average Bonchev–Trinajstić information content (AvgIpc) is 3.36. The van der Waals surface area contributed by atoms with E-state index in [9.17, 15) is 25.3 Å². The van der Waals surface area contributed by atoms with Crippen LogP contribution in [0.5, 0.6) is 0 Å². The van der Waals surface area contributed by atoms with Crippen molar-refractivity contribution in [2.24, 2.45) is 0 Å². The largest absolute Gasteiger partial charge is 3.00 e. The molecule has 6 aromatic carbocycles. The zero-order valence-corrected chi connectivity index (χ0v) is 38.5. The minimum Gasteiger partial charge on any atom is -0.305 e. The molecule has 13 heteroatoms. The quantitative estimate of drug-likeness (QED) is 0.129. The number of sulfone groups is 3. The zero-order chi connectivity index (χ0) is 44.1. The van der Waals surface area contributed by atoms with Crippen LogP contribution in [0.15, 0.2) is 248 Å². The summed E-state index contributed by atoms with van der Waals surface area (Å²) in [6.45, 7) is 0. The molecule has 0 N–H and O–H groups in total. The van der Waals surface area contributed by atoms with Gasteiger partial charge >= 0.3 is 20.1 Å². The van der Waals surface area contributed by atoms with E-state index >= 15 is 0 Å². The van der Waals surface area contributed by atoms with Crippen molar-refractivity contribution in [3.05, 3.63) is 237 Å². The molecule has 0 aliphatic rings. The van der Waals surface area contributed by atoms with Gasteiger partial charge in [-0.05, 0) is 86.4 Å². The predicted octanol–water partition coefficient (Wildman–Crippen LogP) is 10.1. The monoisotopic (exact) mass is 1080 g/mol. The standard InChI is InChI=1S/3C17H12NO2S.Ir/c3*19-21(20,15-6-2-1-3-7-15)16-11-9-14(10-12-16)17-8-4-5-13-18-17;/h3*1-9,11-13H;/q3*-1;+3. The first kappa shape index (κ1) is 46.8. The Morgan fingerprint density at radius 3 is 0.734 bits per heavy atom. The molecule has 3 aromatic heterocycles. The van der Waals surface area contributed by atoms with Gasteiger partial charge < -0.3 is 15.0 Å². The summed E-state index contributed by atoms with van der Waals surface area (Å²) in [5, 5.41) is 0. The van der Waals surface area contributed by atoms with Gasteiger partial charge in [0, 0.05) is 18.6 Å². The van der Waals surface area contributed by atoms with Crippen LogP contribution < -0.4 is 0 Å². The molecule has 0 atom stereocenters. The molecule has 318 valence electrons. The minimum atomic E-state index is -3.49. The Morgan fingerprint density at radius 2 is 0.531 bits per heavy atom. The predicted molar refractivity (Wildman–Crippen MR) is 241 cm³/mol. The van der Waals surface area contributed by atoms with Crippen molar-refractivity contribution >= 4 is 29.5 Å². The van der Waals surface area contributed by atoms with Gasteiger partial charge in [-0.25, -0.2) is 25.3 Å². The van der Waals surface area contributed by atoms with Crippen molar-refractivity contribution in [2.75, 3.05) is 0 Å². The van der Waals surface area contributed by atoms with Gasteiger partial charge in [-0.15, -0.1) is 89.5 Å². The van der Waals surface area contributed by atoms with Gasteiger partial charge in [-0.2, -0.15) is 0 Å². The molecule has 0 aliphatic heterocycles. The Bertz CT molecular complexity index is 2840. The number of benzene rings is 6. The molecule has 0 saturated heterocycles. The summed E-state index contributed by atoms with van der Waals surface area (Å²) >= 11 is 0. The van der Waals surface area contributed by atoms with Gasteiger partial charge in [0.05, 0.1) is 14.7 Å². The fourth-order valence-electron chi connectivity index (χ4n) is 5.98. The molecule has 0 radical (unpaired) electrons. The minimum absolute atomic E-state index is 0. The molecule has 3 heterocycles. The molecule has 9 aromatic rings. The van der Waals surface area contributed by atoms with Crippen molar-refractivity contribution in [1.82, 2.24) is 15.0 Å². The fraction of sp³-hybridized carbons (Fsp3) is 0. The second kappa shape index (κ2) is 21.6. The number of rotatable bonds is 9. The van der Waals surface area contributed by atoms with Crippen molar-refractivity contribution in [1.29, 1.82) is 0 Å². The van der Waals surface area contributed by atoms with Crippen molar-refractivity contribution < 1.29 is 45.4 Å². The van der Waals surface area contributed by atoms with Crippen LogP contribution in [0.3, 0.4) is 0 Å². The summed E-state index contributed by atoms with van der Waals surface area (Å²) in [6.07, 6.45) is 5.08. The zero-order valence-electron chi connectivity index (χ0n) is 33.6. The molecular weight excluding hydrogens is 1040 g/mol.